The van der Waals surface area contributed by atoms with Gasteiger partial charge in [0.15, 0.2) is 15.9 Å². The van der Waals surface area contributed by atoms with Crippen LogP contribution in [0.1, 0.15) is 18.4 Å². The van der Waals surface area contributed by atoms with Gasteiger partial charge in [-0.15, -0.1) is 0 Å². The van der Waals surface area contributed by atoms with Gasteiger partial charge in [-0.05, 0) is 37.0 Å². The molecule has 134 valence electrons. The largest absolute Gasteiger partial charge is 0.464 e. The van der Waals surface area contributed by atoms with Gasteiger partial charge in [-0.25, -0.2) is 13.2 Å². The molecule has 0 heterocycles. The van der Waals surface area contributed by atoms with Gasteiger partial charge in [-0.3, -0.25) is 0 Å². The van der Waals surface area contributed by atoms with Gasteiger partial charge in [0.05, 0.1) is 17.3 Å². The van der Waals surface area contributed by atoms with Gasteiger partial charge in [0.25, 0.3) is 0 Å². The molecule has 0 aliphatic rings. The molecule has 6 heteroatoms. The molecule has 0 fully saturated rings. The third-order valence-corrected chi connectivity index (χ3v) is 5.49. The molecular formula is C19H22O5S. The standard InChI is InChI=1S/C19H22O5S/c20-18(13-15-25(22,23)17-11-5-2-6-12-17)19(21)24-14-7-10-16-8-3-1-4-9-16/h1-6,8-9,11-12,18,20H,7,10,13-15H2. The molecule has 0 saturated heterocycles. The number of hydrogen-bond acceptors (Lipinski definition) is 5. The summed E-state index contributed by atoms with van der Waals surface area (Å²) in [6.07, 6.45) is -0.207. The molecule has 1 atom stereocenters. The van der Waals surface area contributed by atoms with E-state index < -0.39 is 21.9 Å². The van der Waals surface area contributed by atoms with Crippen LogP contribution in [0.3, 0.4) is 0 Å². The number of aryl methyl sites for hydroxylation is 1. The van der Waals surface area contributed by atoms with Crippen molar-refractivity contribution in [1.29, 1.82) is 0 Å². The van der Waals surface area contributed by atoms with Gasteiger partial charge in [-0.1, -0.05) is 48.5 Å². The summed E-state index contributed by atoms with van der Waals surface area (Å²) in [7, 11) is -3.52. The quantitative estimate of drug-likeness (QED) is 0.547. The summed E-state index contributed by atoms with van der Waals surface area (Å²) in [6.45, 7) is 0.191. The summed E-state index contributed by atoms with van der Waals surface area (Å²) in [4.78, 5) is 11.9. The smallest absolute Gasteiger partial charge is 0.334 e. The minimum Gasteiger partial charge on any atom is -0.464 e. The summed E-state index contributed by atoms with van der Waals surface area (Å²) in [5.74, 6) is -1.09. The van der Waals surface area contributed by atoms with Gasteiger partial charge < -0.3 is 9.84 Å². The Morgan fingerprint density at radius 2 is 1.60 bits per heavy atom. The number of hydrogen-bond donors (Lipinski definition) is 1. The topological polar surface area (TPSA) is 80.7 Å². The molecule has 25 heavy (non-hydrogen) atoms. The second kappa shape index (κ2) is 9.34. The summed E-state index contributed by atoms with van der Waals surface area (Å²) in [5, 5.41) is 9.81. The first-order chi connectivity index (χ1) is 12.0. The number of ether oxygens (including phenoxy) is 1. The van der Waals surface area contributed by atoms with Crippen LogP contribution >= 0.6 is 0 Å². The average molecular weight is 362 g/mol. The van der Waals surface area contributed by atoms with E-state index >= 15 is 0 Å². The van der Waals surface area contributed by atoms with Gasteiger partial charge in [0, 0.05) is 0 Å². The van der Waals surface area contributed by atoms with Crippen LogP contribution in [-0.2, 0) is 25.8 Å². The maximum atomic E-state index is 12.1. The zero-order chi connectivity index (χ0) is 18.1. The van der Waals surface area contributed by atoms with Crippen LogP contribution in [0.25, 0.3) is 0 Å². The Labute approximate surface area is 148 Å². The van der Waals surface area contributed by atoms with E-state index in [1.54, 1.807) is 18.2 Å². The minimum atomic E-state index is -3.52. The van der Waals surface area contributed by atoms with Crippen LogP contribution < -0.4 is 0 Å². The lowest BCUT2D eigenvalue weighted by atomic mass is 10.1. The number of rotatable bonds is 9. The van der Waals surface area contributed by atoms with Crippen LogP contribution in [-0.4, -0.2) is 38.0 Å². The zero-order valence-corrected chi connectivity index (χ0v) is 14.7. The van der Waals surface area contributed by atoms with Gasteiger partial charge >= 0.3 is 5.97 Å². The molecule has 0 amide bonds. The number of aliphatic hydroxyl groups is 1. The fourth-order valence-corrected chi connectivity index (χ4v) is 3.66. The van der Waals surface area contributed by atoms with E-state index in [-0.39, 0.29) is 23.7 Å². The minimum absolute atomic E-state index is 0.179. The number of benzene rings is 2. The van der Waals surface area contributed by atoms with Crippen LogP contribution in [0.4, 0.5) is 0 Å². The third kappa shape index (κ3) is 6.32. The molecule has 0 bridgehead atoms. The second-order valence-electron chi connectivity index (χ2n) is 5.69. The predicted molar refractivity (Wildman–Crippen MR) is 94.8 cm³/mol. The van der Waals surface area contributed by atoms with E-state index in [4.69, 9.17) is 4.74 Å². The van der Waals surface area contributed by atoms with Crippen molar-refractivity contribution < 1.29 is 23.1 Å². The number of esters is 1. The van der Waals surface area contributed by atoms with Crippen molar-refractivity contribution >= 4 is 15.8 Å². The van der Waals surface area contributed by atoms with Crippen LogP contribution in [0.5, 0.6) is 0 Å². The van der Waals surface area contributed by atoms with Gasteiger partial charge in [0.2, 0.25) is 0 Å². The first-order valence-electron chi connectivity index (χ1n) is 8.15. The predicted octanol–water partition coefficient (Wildman–Crippen LogP) is 2.39. The molecule has 0 radical (unpaired) electrons. The summed E-state index contributed by atoms with van der Waals surface area (Å²) in [5.41, 5.74) is 1.15. The Morgan fingerprint density at radius 1 is 1.00 bits per heavy atom. The van der Waals surface area contributed by atoms with Crippen molar-refractivity contribution in [2.24, 2.45) is 0 Å². The van der Waals surface area contributed by atoms with E-state index in [1.807, 2.05) is 30.3 Å². The average Bonchev–Trinajstić information content (AvgIpc) is 2.64. The van der Waals surface area contributed by atoms with Crippen molar-refractivity contribution in [3.05, 3.63) is 66.2 Å². The molecule has 2 rings (SSSR count). The van der Waals surface area contributed by atoms with Crippen molar-refractivity contribution in [3.8, 4) is 0 Å². The molecule has 5 nitrogen and oxygen atoms in total. The number of aliphatic hydroxyl groups excluding tert-OH is 1. The first-order valence-corrected chi connectivity index (χ1v) is 9.81. The molecule has 0 spiro atoms. The van der Waals surface area contributed by atoms with E-state index in [0.29, 0.717) is 6.42 Å². The van der Waals surface area contributed by atoms with Gasteiger partial charge in [0.1, 0.15) is 0 Å². The third-order valence-electron chi connectivity index (χ3n) is 3.73. The molecule has 1 unspecified atom stereocenters. The highest BCUT2D eigenvalue weighted by Crippen LogP contribution is 2.12. The van der Waals surface area contributed by atoms with Crippen molar-refractivity contribution in [1.82, 2.24) is 0 Å². The maximum Gasteiger partial charge on any atom is 0.334 e. The van der Waals surface area contributed by atoms with Crippen molar-refractivity contribution in [3.63, 3.8) is 0 Å². The fraction of sp³-hybridized carbons (Fsp3) is 0.316. The monoisotopic (exact) mass is 362 g/mol. The van der Waals surface area contributed by atoms with Crippen molar-refractivity contribution in [2.75, 3.05) is 12.4 Å². The zero-order valence-electron chi connectivity index (χ0n) is 13.9. The van der Waals surface area contributed by atoms with Crippen LogP contribution in [0.2, 0.25) is 0 Å². The summed E-state index contributed by atoms with van der Waals surface area (Å²) < 4.78 is 29.2. The number of carbonyl (C=O) groups is 1. The normalized spacial score (nSPS) is 12.5. The van der Waals surface area contributed by atoms with Crippen molar-refractivity contribution in [2.45, 2.75) is 30.3 Å². The Hall–Kier alpha value is -2.18. The second-order valence-corrected chi connectivity index (χ2v) is 7.80. The Bertz CT molecular complexity index is 757. The molecular weight excluding hydrogens is 340 g/mol. The van der Waals surface area contributed by atoms with E-state index in [0.717, 1.165) is 12.0 Å². The number of carbonyl (C=O) groups excluding carboxylic acids is 1. The van der Waals surface area contributed by atoms with Crippen LogP contribution in [0.15, 0.2) is 65.6 Å². The maximum absolute atomic E-state index is 12.1. The highest BCUT2D eigenvalue weighted by molar-refractivity contribution is 7.91. The summed E-state index contributed by atoms with van der Waals surface area (Å²) >= 11 is 0. The molecule has 2 aromatic carbocycles. The lowest BCUT2D eigenvalue weighted by Crippen LogP contribution is -2.26. The lowest BCUT2D eigenvalue weighted by Gasteiger charge is -2.11. The lowest BCUT2D eigenvalue weighted by molar-refractivity contribution is -0.153. The van der Waals surface area contributed by atoms with E-state index in [2.05, 4.69) is 0 Å². The molecule has 0 saturated carbocycles. The first kappa shape index (κ1) is 19.1. The van der Waals surface area contributed by atoms with Crippen LogP contribution in [0, 0.1) is 0 Å². The highest BCUT2D eigenvalue weighted by atomic mass is 32.2. The van der Waals surface area contributed by atoms with E-state index in [9.17, 15) is 18.3 Å². The molecule has 1 N–H and O–H groups in total. The number of sulfone groups is 1. The van der Waals surface area contributed by atoms with E-state index in [1.165, 1.54) is 12.1 Å². The van der Waals surface area contributed by atoms with Gasteiger partial charge in [-0.2, -0.15) is 0 Å². The molecule has 2 aromatic rings. The Balaban J connectivity index is 1.71. The molecule has 0 aliphatic carbocycles. The highest BCUT2D eigenvalue weighted by Gasteiger charge is 2.21. The molecule has 0 aliphatic heterocycles. The fourth-order valence-electron chi connectivity index (χ4n) is 2.32. The molecule has 0 aromatic heterocycles. The Morgan fingerprint density at radius 3 is 2.24 bits per heavy atom. The summed E-state index contributed by atoms with van der Waals surface area (Å²) in [6, 6.07) is 17.8. The Kier molecular flexibility index (Phi) is 7.16. The SMILES string of the molecule is O=C(OCCCc1ccccc1)C(O)CCS(=O)(=O)c1ccccc1.